The fourth-order valence-electron chi connectivity index (χ4n) is 4.09. The van der Waals surface area contributed by atoms with Gasteiger partial charge in [-0.05, 0) is 24.8 Å². The molecule has 1 atom stereocenters. The second-order valence-electron chi connectivity index (χ2n) is 7.10. The molecule has 6 nitrogen and oxygen atoms in total. The zero-order chi connectivity index (χ0) is 17.9. The lowest BCUT2D eigenvalue weighted by Gasteiger charge is -2.32. The molecule has 0 bridgehead atoms. The fraction of sp³-hybridized carbons (Fsp3) is 0.579. The molecule has 1 aromatic carbocycles. The van der Waals surface area contributed by atoms with Crippen molar-refractivity contribution in [2.45, 2.75) is 24.8 Å². The van der Waals surface area contributed by atoms with E-state index in [0.717, 1.165) is 68.3 Å². The first-order chi connectivity index (χ1) is 12.8. The van der Waals surface area contributed by atoms with Crippen molar-refractivity contribution >= 4 is 53.5 Å². The third kappa shape index (κ3) is 4.94. The number of para-hydroxylation sites is 2. The topological polar surface area (TPSA) is 53.4 Å². The number of piperazine rings is 1. The summed E-state index contributed by atoms with van der Waals surface area (Å²) in [4.78, 5) is 22.3. The summed E-state index contributed by atoms with van der Waals surface area (Å²) >= 11 is 1.74. The SMILES string of the molecule is CSCc1nc2ccccc2n1CC(=O)N1CCC(N2CCNCC2)C1.Cl.Cl. The maximum atomic E-state index is 13.0. The van der Waals surface area contributed by atoms with Crippen molar-refractivity contribution < 1.29 is 4.79 Å². The molecule has 2 aliphatic heterocycles. The van der Waals surface area contributed by atoms with Gasteiger partial charge >= 0.3 is 0 Å². The van der Waals surface area contributed by atoms with Gasteiger partial charge in [0.1, 0.15) is 12.4 Å². The molecule has 3 heterocycles. The van der Waals surface area contributed by atoms with Gasteiger partial charge in [0.15, 0.2) is 0 Å². The van der Waals surface area contributed by atoms with Gasteiger partial charge in [0.2, 0.25) is 5.91 Å². The zero-order valence-electron chi connectivity index (χ0n) is 16.2. The van der Waals surface area contributed by atoms with Crippen LogP contribution in [0.3, 0.4) is 0 Å². The summed E-state index contributed by atoms with van der Waals surface area (Å²) in [5, 5.41) is 3.40. The van der Waals surface area contributed by atoms with Crippen LogP contribution in [0.1, 0.15) is 12.2 Å². The van der Waals surface area contributed by atoms with Crippen molar-refractivity contribution in [3.63, 3.8) is 0 Å². The monoisotopic (exact) mass is 445 g/mol. The molecule has 9 heteroatoms. The number of amides is 1. The molecule has 2 fully saturated rings. The Morgan fingerprint density at radius 1 is 1.21 bits per heavy atom. The summed E-state index contributed by atoms with van der Waals surface area (Å²) in [6.07, 6.45) is 3.16. The number of hydrogen-bond acceptors (Lipinski definition) is 5. The number of aromatic nitrogens is 2. The average molecular weight is 446 g/mol. The molecule has 2 aliphatic rings. The highest BCUT2D eigenvalue weighted by Crippen LogP contribution is 2.21. The summed E-state index contributed by atoms with van der Waals surface area (Å²) in [5.41, 5.74) is 2.03. The second kappa shape index (κ2) is 10.7. The van der Waals surface area contributed by atoms with E-state index < -0.39 is 0 Å². The van der Waals surface area contributed by atoms with E-state index in [0.29, 0.717) is 12.6 Å². The van der Waals surface area contributed by atoms with E-state index in [9.17, 15) is 4.79 Å². The Morgan fingerprint density at radius 2 is 1.96 bits per heavy atom. The van der Waals surface area contributed by atoms with Gasteiger partial charge in [-0.25, -0.2) is 4.98 Å². The molecule has 0 radical (unpaired) electrons. The fourth-order valence-corrected chi connectivity index (χ4v) is 4.57. The van der Waals surface area contributed by atoms with Crippen LogP contribution in [0, 0.1) is 0 Å². The zero-order valence-corrected chi connectivity index (χ0v) is 18.6. The highest BCUT2D eigenvalue weighted by Gasteiger charge is 2.31. The number of imidazole rings is 1. The van der Waals surface area contributed by atoms with E-state index in [1.54, 1.807) is 11.8 Å². The van der Waals surface area contributed by atoms with E-state index in [-0.39, 0.29) is 30.7 Å². The summed E-state index contributed by atoms with van der Waals surface area (Å²) < 4.78 is 2.10. The molecule has 1 unspecified atom stereocenters. The normalized spacial score (nSPS) is 20.0. The summed E-state index contributed by atoms with van der Waals surface area (Å²) in [6.45, 7) is 6.44. The molecule has 2 aromatic rings. The van der Waals surface area contributed by atoms with E-state index >= 15 is 0 Å². The van der Waals surface area contributed by atoms with Crippen LogP contribution >= 0.6 is 36.6 Å². The van der Waals surface area contributed by atoms with Crippen LogP contribution in [0.25, 0.3) is 11.0 Å². The van der Waals surface area contributed by atoms with Gasteiger partial charge in [-0.1, -0.05) is 12.1 Å². The Balaban J connectivity index is 0.00000140. The second-order valence-corrected chi connectivity index (χ2v) is 7.97. The number of halogens is 2. The number of nitrogens with one attached hydrogen (secondary N) is 1. The minimum absolute atomic E-state index is 0. The molecule has 28 heavy (non-hydrogen) atoms. The quantitative estimate of drug-likeness (QED) is 0.764. The number of carbonyl (C=O) groups is 1. The van der Waals surface area contributed by atoms with Crippen LogP contribution in [0.15, 0.2) is 24.3 Å². The molecule has 156 valence electrons. The Bertz CT molecular complexity index is 781. The molecule has 0 saturated carbocycles. The molecular weight excluding hydrogens is 417 g/mol. The van der Waals surface area contributed by atoms with Gasteiger partial charge in [-0.2, -0.15) is 11.8 Å². The smallest absolute Gasteiger partial charge is 0.242 e. The van der Waals surface area contributed by atoms with Crippen molar-refractivity contribution in [1.29, 1.82) is 0 Å². The predicted octanol–water partition coefficient (Wildman–Crippen LogP) is 2.25. The largest absolute Gasteiger partial charge is 0.340 e. The summed E-state index contributed by atoms with van der Waals surface area (Å²) in [6, 6.07) is 8.63. The molecule has 1 amide bonds. The van der Waals surface area contributed by atoms with Gasteiger partial charge in [0.05, 0.1) is 16.8 Å². The standard InChI is InChI=1S/C19H27N5OS.2ClH/c1-26-14-18-21-16-4-2-3-5-17(16)24(18)13-19(25)23-9-6-15(12-23)22-10-7-20-8-11-22;;/h2-5,15,20H,6-14H2,1H3;2*1H. The highest BCUT2D eigenvalue weighted by atomic mass is 35.5. The number of hydrogen-bond donors (Lipinski definition) is 1. The van der Waals surface area contributed by atoms with Crippen molar-refractivity contribution in [2.24, 2.45) is 0 Å². The first kappa shape index (κ1) is 23.3. The Hall–Kier alpha value is -0.990. The van der Waals surface area contributed by atoms with E-state index in [2.05, 4.69) is 27.1 Å². The van der Waals surface area contributed by atoms with Crippen molar-refractivity contribution in [3.8, 4) is 0 Å². The van der Waals surface area contributed by atoms with E-state index in [1.165, 1.54) is 0 Å². The van der Waals surface area contributed by atoms with Crippen molar-refractivity contribution in [3.05, 3.63) is 30.1 Å². The third-order valence-electron chi connectivity index (χ3n) is 5.48. The summed E-state index contributed by atoms with van der Waals surface area (Å²) in [7, 11) is 0. The third-order valence-corrected chi connectivity index (χ3v) is 6.03. The van der Waals surface area contributed by atoms with Gasteiger partial charge < -0.3 is 14.8 Å². The molecule has 1 N–H and O–H groups in total. The molecule has 4 rings (SSSR count). The summed E-state index contributed by atoms with van der Waals surface area (Å²) in [5.74, 6) is 2.03. The number of benzene rings is 1. The highest BCUT2D eigenvalue weighted by molar-refractivity contribution is 7.97. The molecule has 0 aliphatic carbocycles. The van der Waals surface area contributed by atoms with Crippen LogP contribution < -0.4 is 5.32 Å². The van der Waals surface area contributed by atoms with Gasteiger partial charge in [0.25, 0.3) is 0 Å². The van der Waals surface area contributed by atoms with Crippen LogP contribution in [0.2, 0.25) is 0 Å². The van der Waals surface area contributed by atoms with Gasteiger partial charge in [-0.15, -0.1) is 24.8 Å². The van der Waals surface area contributed by atoms with Crippen LogP contribution in [0.4, 0.5) is 0 Å². The van der Waals surface area contributed by atoms with Crippen LogP contribution in [-0.4, -0.2) is 76.8 Å². The van der Waals surface area contributed by atoms with E-state index in [4.69, 9.17) is 4.98 Å². The minimum atomic E-state index is 0. The molecule has 2 saturated heterocycles. The van der Waals surface area contributed by atoms with Gasteiger partial charge in [0, 0.05) is 45.3 Å². The molecule has 1 aromatic heterocycles. The molecular formula is C19H29Cl2N5OS. The number of likely N-dealkylation sites (tertiary alicyclic amines) is 1. The maximum Gasteiger partial charge on any atom is 0.242 e. The van der Waals surface area contributed by atoms with Gasteiger partial charge in [-0.3, -0.25) is 9.69 Å². The lowest BCUT2D eigenvalue weighted by atomic mass is 10.2. The van der Waals surface area contributed by atoms with Crippen molar-refractivity contribution in [1.82, 2.24) is 24.7 Å². The number of fused-ring (bicyclic) bond motifs is 1. The van der Waals surface area contributed by atoms with Crippen molar-refractivity contribution in [2.75, 3.05) is 45.5 Å². The lowest BCUT2D eigenvalue weighted by molar-refractivity contribution is -0.130. The molecule has 0 spiro atoms. The minimum Gasteiger partial charge on any atom is -0.340 e. The van der Waals surface area contributed by atoms with Crippen LogP contribution in [-0.2, 0) is 17.1 Å². The Kier molecular flexibility index (Phi) is 8.89. The lowest BCUT2D eigenvalue weighted by Crippen LogP contribution is -2.49. The number of thioether (sulfide) groups is 1. The number of rotatable bonds is 5. The first-order valence-corrected chi connectivity index (χ1v) is 10.8. The Morgan fingerprint density at radius 3 is 2.71 bits per heavy atom. The maximum absolute atomic E-state index is 13.0. The number of carbonyl (C=O) groups excluding carboxylic acids is 1. The van der Waals surface area contributed by atoms with E-state index in [1.807, 2.05) is 23.1 Å². The Labute approximate surface area is 183 Å². The predicted molar refractivity (Wildman–Crippen MR) is 121 cm³/mol. The average Bonchev–Trinajstić information content (AvgIpc) is 3.29. The van der Waals surface area contributed by atoms with Crippen LogP contribution in [0.5, 0.6) is 0 Å². The first-order valence-electron chi connectivity index (χ1n) is 9.42. The number of nitrogens with zero attached hydrogens (tertiary/aromatic N) is 4.